The Kier molecular flexibility index (Phi) is 5.79. The van der Waals surface area contributed by atoms with Gasteiger partial charge in [0.1, 0.15) is 11.6 Å². The molecule has 10 heteroatoms. The minimum absolute atomic E-state index is 0.0731. The van der Waals surface area contributed by atoms with Crippen molar-refractivity contribution in [2.45, 2.75) is 25.7 Å². The van der Waals surface area contributed by atoms with E-state index in [0.717, 1.165) is 43.1 Å². The number of hydrogen-bond donors (Lipinski definition) is 3. The van der Waals surface area contributed by atoms with Crippen LogP contribution in [0, 0.1) is 12.7 Å². The van der Waals surface area contributed by atoms with Crippen LogP contribution in [-0.2, 0) is 0 Å². The van der Waals surface area contributed by atoms with Gasteiger partial charge >= 0.3 is 6.01 Å². The molecule has 9 nitrogen and oxygen atoms in total. The van der Waals surface area contributed by atoms with Gasteiger partial charge in [0.05, 0.1) is 0 Å². The lowest BCUT2D eigenvalue weighted by molar-refractivity contribution is 0.414. The van der Waals surface area contributed by atoms with Crippen LogP contribution in [0.5, 0.6) is 11.8 Å². The number of aromatic nitrogens is 5. The molecule has 5 aromatic rings. The topological polar surface area (TPSA) is 98.0 Å². The van der Waals surface area contributed by atoms with Gasteiger partial charge in [-0.25, -0.2) is 4.39 Å². The molecule has 0 amide bonds. The number of rotatable bonds is 7. The third kappa shape index (κ3) is 4.85. The van der Waals surface area contributed by atoms with Gasteiger partial charge in [-0.05, 0) is 50.1 Å². The standard InChI is InChI=1S/C29H29FN8O/c1-18-15-21-22(31-18)9-10-24(28(21)30)39-29-33-25(32-26-16-23(35-36-26)19-7-8-19)17-27(34-29)38-13-11-37(12-14-38)20-5-3-2-4-6-20/h2-6,9-10,15-17,19,31H,7-8,11-14H2,1H3,(H2,32,33,34,35,36). The zero-order valence-corrected chi connectivity index (χ0v) is 21.6. The maximum Gasteiger partial charge on any atom is 0.326 e. The second-order valence-corrected chi connectivity index (χ2v) is 10.2. The van der Waals surface area contributed by atoms with Crippen molar-refractivity contribution in [1.82, 2.24) is 25.1 Å². The lowest BCUT2D eigenvalue weighted by Crippen LogP contribution is -2.46. The Bertz CT molecular complexity index is 1620. The molecule has 0 atom stereocenters. The molecule has 0 radical (unpaired) electrons. The summed E-state index contributed by atoms with van der Waals surface area (Å²) in [5.41, 5.74) is 3.93. The van der Waals surface area contributed by atoms with Crippen molar-refractivity contribution in [3.63, 3.8) is 0 Å². The average Bonchev–Trinajstić information content (AvgIpc) is 3.58. The summed E-state index contributed by atoms with van der Waals surface area (Å²) in [4.78, 5) is 17.0. The largest absolute Gasteiger partial charge is 0.421 e. The van der Waals surface area contributed by atoms with E-state index in [-0.39, 0.29) is 11.8 Å². The Morgan fingerprint density at radius 1 is 0.923 bits per heavy atom. The molecule has 0 unspecified atom stereocenters. The van der Waals surface area contributed by atoms with Gasteiger partial charge < -0.3 is 24.8 Å². The average molecular weight is 525 g/mol. The lowest BCUT2D eigenvalue weighted by Gasteiger charge is -2.36. The van der Waals surface area contributed by atoms with Crippen molar-refractivity contribution in [2.75, 3.05) is 41.3 Å². The molecule has 1 aliphatic carbocycles. The summed E-state index contributed by atoms with van der Waals surface area (Å²) in [6, 6.07) is 19.6. The number of anilines is 4. The molecule has 1 saturated heterocycles. The van der Waals surface area contributed by atoms with Crippen LogP contribution in [0.15, 0.2) is 60.7 Å². The summed E-state index contributed by atoms with van der Waals surface area (Å²) in [6.45, 7) is 5.17. The van der Waals surface area contributed by atoms with E-state index in [0.29, 0.717) is 28.8 Å². The minimum atomic E-state index is -0.446. The number of hydrogen-bond acceptors (Lipinski definition) is 7. The van der Waals surface area contributed by atoms with E-state index in [4.69, 9.17) is 9.72 Å². The van der Waals surface area contributed by atoms with Crippen LogP contribution in [-0.4, -0.2) is 51.3 Å². The normalized spacial score (nSPS) is 15.6. The molecule has 3 N–H and O–H groups in total. The van der Waals surface area contributed by atoms with Crippen molar-refractivity contribution in [2.24, 2.45) is 0 Å². The van der Waals surface area contributed by atoms with Gasteiger partial charge in [-0.15, -0.1) is 0 Å². The fourth-order valence-corrected chi connectivity index (χ4v) is 5.12. The van der Waals surface area contributed by atoms with E-state index in [1.165, 1.54) is 18.5 Å². The van der Waals surface area contributed by atoms with E-state index in [1.54, 1.807) is 18.2 Å². The number of H-pyrrole nitrogens is 2. The summed E-state index contributed by atoms with van der Waals surface area (Å²) < 4.78 is 21.3. The first-order valence-corrected chi connectivity index (χ1v) is 13.3. The predicted molar refractivity (Wildman–Crippen MR) is 150 cm³/mol. The number of nitrogens with one attached hydrogen (secondary N) is 3. The molecule has 1 aliphatic heterocycles. The van der Waals surface area contributed by atoms with Gasteiger partial charge in [-0.1, -0.05) is 18.2 Å². The first-order valence-electron chi connectivity index (χ1n) is 13.3. The number of para-hydroxylation sites is 1. The number of halogens is 1. The van der Waals surface area contributed by atoms with Crippen LogP contribution in [0.1, 0.15) is 30.1 Å². The molecule has 4 heterocycles. The molecular weight excluding hydrogens is 495 g/mol. The maximum atomic E-state index is 15.3. The van der Waals surface area contributed by atoms with Gasteiger partial charge in [-0.3, -0.25) is 5.10 Å². The quantitative estimate of drug-likeness (QED) is 0.245. The molecule has 198 valence electrons. The highest BCUT2D eigenvalue weighted by atomic mass is 19.1. The minimum Gasteiger partial charge on any atom is -0.421 e. The summed E-state index contributed by atoms with van der Waals surface area (Å²) in [7, 11) is 0. The maximum absolute atomic E-state index is 15.3. The Balaban J connectivity index is 1.17. The second-order valence-electron chi connectivity index (χ2n) is 10.2. The molecule has 2 aromatic carbocycles. The summed E-state index contributed by atoms with van der Waals surface area (Å²) >= 11 is 0. The fraction of sp³-hybridized carbons (Fsp3) is 0.276. The molecule has 0 bridgehead atoms. The molecular formula is C29H29FN8O. The monoisotopic (exact) mass is 524 g/mol. The first-order chi connectivity index (χ1) is 19.1. The Morgan fingerprint density at radius 3 is 2.51 bits per heavy atom. The van der Waals surface area contributed by atoms with Crippen LogP contribution in [0.2, 0.25) is 0 Å². The van der Waals surface area contributed by atoms with E-state index in [1.807, 2.05) is 25.1 Å². The van der Waals surface area contributed by atoms with Crippen molar-refractivity contribution in [3.8, 4) is 11.8 Å². The molecule has 39 heavy (non-hydrogen) atoms. The number of nitrogens with zero attached hydrogens (tertiary/aromatic N) is 5. The highest BCUT2D eigenvalue weighted by molar-refractivity contribution is 5.82. The zero-order valence-electron chi connectivity index (χ0n) is 21.6. The SMILES string of the molecule is Cc1cc2c(F)c(Oc3nc(Nc4cc(C5CC5)[nH]n4)cc(N4CCN(c5ccccc5)CC4)n3)ccc2[nH]1. The third-order valence-corrected chi connectivity index (χ3v) is 7.33. The van der Waals surface area contributed by atoms with Gasteiger partial charge in [0.25, 0.3) is 0 Å². The molecule has 2 aliphatic rings. The summed E-state index contributed by atoms with van der Waals surface area (Å²) in [6.07, 6.45) is 2.37. The van der Waals surface area contributed by atoms with E-state index in [9.17, 15) is 0 Å². The van der Waals surface area contributed by atoms with Crippen LogP contribution in [0.25, 0.3) is 10.9 Å². The Hall–Kier alpha value is -4.60. The van der Waals surface area contributed by atoms with Gasteiger partial charge in [-0.2, -0.15) is 15.1 Å². The smallest absolute Gasteiger partial charge is 0.326 e. The van der Waals surface area contributed by atoms with E-state index in [2.05, 4.69) is 59.5 Å². The molecule has 1 saturated carbocycles. The Morgan fingerprint density at radius 2 is 1.72 bits per heavy atom. The van der Waals surface area contributed by atoms with E-state index < -0.39 is 5.82 Å². The molecule has 0 spiro atoms. The second kappa shape index (κ2) is 9.61. The van der Waals surface area contributed by atoms with Crippen LogP contribution in [0.3, 0.4) is 0 Å². The number of benzene rings is 2. The molecule has 2 fully saturated rings. The number of fused-ring (bicyclic) bond motifs is 1. The fourth-order valence-electron chi connectivity index (χ4n) is 5.12. The van der Waals surface area contributed by atoms with Crippen molar-refractivity contribution < 1.29 is 9.13 Å². The lowest BCUT2D eigenvalue weighted by atomic mass is 10.2. The third-order valence-electron chi connectivity index (χ3n) is 7.33. The highest BCUT2D eigenvalue weighted by Gasteiger charge is 2.26. The highest BCUT2D eigenvalue weighted by Crippen LogP contribution is 2.40. The van der Waals surface area contributed by atoms with Crippen molar-refractivity contribution >= 4 is 34.0 Å². The van der Waals surface area contributed by atoms with Gasteiger partial charge in [0, 0.05) is 72.2 Å². The molecule has 3 aromatic heterocycles. The van der Waals surface area contributed by atoms with Gasteiger partial charge in [0.2, 0.25) is 0 Å². The number of aromatic amines is 2. The predicted octanol–water partition coefficient (Wildman–Crippen LogP) is 5.87. The summed E-state index contributed by atoms with van der Waals surface area (Å²) in [5.74, 6) is 2.12. The van der Waals surface area contributed by atoms with Gasteiger partial charge in [0.15, 0.2) is 17.4 Å². The molecule has 7 rings (SSSR count). The van der Waals surface area contributed by atoms with Crippen LogP contribution < -0.4 is 19.9 Å². The number of ether oxygens (including phenoxy) is 1. The Labute approximate surface area is 225 Å². The first kappa shape index (κ1) is 23.5. The van der Waals surface area contributed by atoms with Crippen molar-refractivity contribution in [3.05, 3.63) is 77.9 Å². The van der Waals surface area contributed by atoms with Crippen LogP contribution in [0.4, 0.5) is 27.5 Å². The van der Waals surface area contributed by atoms with Crippen LogP contribution >= 0.6 is 0 Å². The zero-order chi connectivity index (χ0) is 26.3. The number of aryl methyl sites for hydroxylation is 1. The van der Waals surface area contributed by atoms with E-state index >= 15 is 4.39 Å². The van der Waals surface area contributed by atoms with Crippen molar-refractivity contribution in [1.29, 1.82) is 0 Å². The summed E-state index contributed by atoms with van der Waals surface area (Å²) in [5, 5.41) is 11.3. The number of piperazine rings is 1.